The van der Waals surface area contributed by atoms with Gasteiger partial charge in [0.05, 0.1) is 18.3 Å². The summed E-state index contributed by atoms with van der Waals surface area (Å²) in [6, 6.07) is 16.2. The first-order chi connectivity index (χ1) is 11.3. The number of para-hydroxylation sites is 1. The predicted octanol–water partition coefficient (Wildman–Crippen LogP) is 4.60. The summed E-state index contributed by atoms with van der Waals surface area (Å²) in [6.07, 6.45) is 1.70. The molecule has 0 aliphatic rings. The molecule has 0 fully saturated rings. The molecule has 2 aromatic carbocycles. The SMILES string of the molecule is COc1cccc2ccc(-c3cc(F)cc4cccnc34)nc12. The number of pyridine rings is 2. The first-order valence-electron chi connectivity index (χ1n) is 7.25. The second-order valence-electron chi connectivity index (χ2n) is 5.26. The van der Waals surface area contributed by atoms with Crippen LogP contribution in [0.2, 0.25) is 0 Å². The van der Waals surface area contributed by atoms with E-state index in [0.717, 1.165) is 21.8 Å². The third kappa shape index (κ3) is 2.28. The molecule has 0 spiro atoms. The van der Waals surface area contributed by atoms with Gasteiger partial charge in [0, 0.05) is 22.5 Å². The van der Waals surface area contributed by atoms with Crippen molar-refractivity contribution < 1.29 is 9.13 Å². The van der Waals surface area contributed by atoms with Crippen molar-refractivity contribution in [3.05, 3.63) is 66.6 Å². The van der Waals surface area contributed by atoms with Crippen molar-refractivity contribution in [2.24, 2.45) is 0 Å². The van der Waals surface area contributed by atoms with E-state index in [1.807, 2.05) is 36.4 Å². The number of aromatic nitrogens is 2. The summed E-state index contributed by atoms with van der Waals surface area (Å²) in [6.45, 7) is 0. The fraction of sp³-hybridized carbons (Fsp3) is 0.0526. The Morgan fingerprint density at radius 2 is 1.78 bits per heavy atom. The minimum Gasteiger partial charge on any atom is -0.494 e. The van der Waals surface area contributed by atoms with Crippen LogP contribution in [0.25, 0.3) is 33.1 Å². The molecule has 0 radical (unpaired) electrons. The van der Waals surface area contributed by atoms with Crippen LogP contribution >= 0.6 is 0 Å². The van der Waals surface area contributed by atoms with Crippen molar-refractivity contribution in [1.29, 1.82) is 0 Å². The molecule has 0 unspecified atom stereocenters. The topological polar surface area (TPSA) is 35.0 Å². The van der Waals surface area contributed by atoms with Gasteiger partial charge in [-0.05, 0) is 30.3 Å². The Balaban J connectivity index is 2.03. The molecule has 0 saturated heterocycles. The van der Waals surface area contributed by atoms with Crippen LogP contribution in [0.1, 0.15) is 0 Å². The van der Waals surface area contributed by atoms with Crippen LogP contribution in [0.3, 0.4) is 0 Å². The highest BCUT2D eigenvalue weighted by Crippen LogP contribution is 2.31. The summed E-state index contributed by atoms with van der Waals surface area (Å²) in [5, 5.41) is 1.73. The molecule has 0 amide bonds. The molecule has 0 N–H and O–H groups in total. The number of benzene rings is 2. The summed E-state index contributed by atoms with van der Waals surface area (Å²) in [4.78, 5) is 9.06. The predicted molar refractivity (Wildman–Crippen MR) is 89.0 cm³/mol. The minimum absolute atomic E-state index is 0.303. The second kappa shape index (κ2) is 5.32. The van der Waals surface area contributed by atoms with Crippen molar-refractivity contribution in [3.8, 4) is 17.0 Å². The fourth-order valence-corrected chi connectivity index (χ4v) is 2.79. The Labute approximate surface area is 132 Å². The number of ether oxygens (including phenoxy) is 1. The van der Waals surface area contributed by atoms with Gasteiger partial charge in [-0.15, -0.1) is 0 Å². The van der Waals surface area contributed by atoms with Gasteiger partial charge in [0.2, 0.25) is 0 Å². The monoisotopic (exact) mass is 304 g/mol. The van der Waals surface area contributed by atoms with Crippen molar-refractivity contribution >= 4 is 21.8 Å². The van der Waals surface area contributed by atoms with Crippen LogP contribution < -0.4 is 4.74 Å². The van der Waals surface area contributed by atoms with E-state index in [4.69, 9.17) is 4.74 Å². The zero-order valence-electron chi connectivity index (χ0n) is 12.5. The Kier molecular flexibility index (Phi) is 3.15. The van der Waals surface area contributed by atoms with Gasteiger partial charge in [-0.2, -0.15) is 0 Å². The van der Waals surface area contributed by atoms with Crippen LogP contribution in [-0.2, 0) is 0 Å². The van der Waals surface area contributed by atoms with Gasteiger partial charge in [-0.1, -0.05) is 24.3 Å². The van der Waals surface area contributed by atoms with E-state index in [-0.39, 0.29) is 5.82 Å². The molecule has 0 aliphatic carbocycles. The first-order valence-corrected chi connectivity index (χ1v) is 7.25. The summed E-state index contributed by atoms with van der Waals surface area (Å²) >= 11 is 0. The molecule has 0 saturated carbocycles. The van der Waals surface area contributed by atoms with Crippen molar-refractivity contribution in [2.45, 2.75) is 0 Å². The number of hydrogen-bond donors (Lipinski definition) is 0. The zero-order chi connectivity index (χ0) is 15.8. The summed E-state index contributed by atoms with van der Waals surface area (Å²) in [7, 11) is 1.61. The summed E-state index contributed by atoms with van der Waals surface area (Å²) < 4.78 is 19.3. The fourth-order valence-electron chi connectivity index (χ4n) is 2.79. The molecular formula is C19H13FN2O. The van der Waals surface area contributed by atoms with Gasteiger partial charge in [0.1, 0.15) is 17.1 Å². The number of rotatable bonds is 2. The van der Waals surface area contributed by atoms with Crippen LogP contribution in [0.5, 0.6) is 5.75 Å². The maximum absolute atomic E-state index is 14.0. The van der Waals surface area contributed by atoms with E-state index in [0.29, 0.717) is 17.0 Å². The van der Waals surface area contributed by atoms with E-state index in [9.17, 15) is 4.39 Å². The highest BCUT2D eigenvalue weighted by atomic mass is 19.1. The lowest BCUT2D eigenvalue weighted by Gasteiger charge is -2.09. The highest BCUT2D eigenvalue weighted by molar-refractivity contribution is 5.95. The molecule has 4 heteroatoms. The van der Waals surface area contributed by atoms with E-state index in [1.165, 1.54) is 12.1 Å². The summed E-state index contributed by atoms with van der Waals surface area (Å²) in [5.41, 5.74) is 2.83. The number of methoxy groups -OCH3 is 1. The Morgan fingerprint density at radius 3 is 2.65 bits per heavy atom. The Hall–Kier alpha value is -3.01. The molecule has 3 nitrogen and oxygen atoms in total. The molecular weight excluding hydrogens is 291 g/mol. The first kappa shape index (κ1) is 13.6. The third-order valence-corrected chi connectivity index (χ3v) is 3.85. The lowest BCUT2D eigenvalue weighted by molar-refractivity contribution is 0.419. The van der Waals surface area contributed by atoms with Gasteiger partial charge in [-0.3, -0.25) is 4.98 Å². The average Bonchev–Trinajstić information content (AvgIpc) is 2.60. The van der Waals surface area contributed by atoms with Gasteiger partial charge < -0.3 is 4.74 Å². The smallest absolute Gasteiger partial charge is 0.145 e. The molecule has 112 valence electrons. The molecule has 0 atom stereocenters. The molecule has 0 aliphatic heterocycles. The summed E-state index contributed by atoms with van der Waals surface area (Å²) in [5.74, 6) is 0.389. The second-order valence-corrected chi connectivity index (χ2v) is 5.26. The average molecular weight is 304 g/mol. The van der Waals surface area contributed by atoms with Crippen LogP contribution in [0.4, 0.5) is 4.39 Å². The van der Waals surface area contributed by atoms with Gasteiger partial charge >= 0.3 is 0 Å². The number of fused-ring (bicyclic) bond motifs is 2. The van der Waals surface area contributed by atoms with E-state index in [2.05, 4.69) is 9.97 Å². The van der Waals surface area contributed by atoms with Gasteiger partial charge in [0.15, 0.2) is 0 Å². The molecule has 2 heterocycles. The van der Waals surface area contributed by atoms with Gasteiger partial charge in [0.25, 0.3) is 0 Å². The molecule has 2 aromatic heterocycles. The standard InChI is InChI=1S/C19H13FN2O/c1-23-17-6-2-4-12-7-8-16(22-19(12)17)15-11-14(20)10-13-5-3-9-21-18(13)15/h2-11H,1H3. The van der Waals surface area contributed by atoms with Crippen molar-refractivity contribution in [3.63, 3.8) is 0 Å². The zero-order valence-corrected chi connectivity index (χ0v) is 12.5. The molecule has 4 rings (SSSR count). The Bertz CT molecular complexity index is 1030. The molecule has 23 heavy (non-hydrogen) atoms. The lowest BCUT2D eigenvalue weighted by atomic mass is 10.0. The maximum Gasteiger partial charge on any atom is 0.145 e. The van der Waals surface area contributed by atoms with Gasteiger partial charge in [-0.25, -0.2) is 9.37 Å². The van der Waals surface area contributed by atoms with Crippen LogP contribution in [0, 0.1) is 5.82 Å². The largest absolute Gasteiger partial charge is 0.494 e. The Morgan fingerprint density at radius 1 is 0.913 bits per heavy atom. The van der Waals surface area contributed by atoms with Crippen LogP contribution in [0.15, 0.2) is 60.8 Å². The van der Waals surface area contributed by atoms with E-state index in [1.54, 1.807) is 19.4 Å². The van der Waals surface area contributed by atoms with Crippen LogP contribution in [-0.4, -0.2) is 17.1 Å². The maximum atomic E-state index is 14.0. The number of halogens is 1. The van der Waals surface area contributed by atoms with E-state index >= 15 is 0 Å². The molecule has 0 bridgehead atoms. The third-order valence-electron chi connectivity index (χ3n) is 3.85. The highest BCUT2D eigenvalue weighted by Gasteiger charge is 2.11. The normalized spacial score (nSPS) is 11.0. The molecule has 4 aromatic rings. The number of hydrogen-bond acceptors (Lipinski definition) is 3. The van der Waals surface area contributed by atoms with E-state index < -0.39 is 0 Å². The van der Waals surface area contributed by atoms with Crippen molar-refractivity contribution in [2.75, 3.05) is 7.11 Å². The lowest BCUT2D eigenvalue weighted by Crippen LogP contribution is -1.92. The quantitative estimate of drug-likeness (QED) is 0.543. The van der Waals surface area contributed by atoms with Crippen molar-refractivity contribution in [1.82, 2.24) is 9.97 Å². The number of nitrogens with zero attached hydrogens (tertiary/aromatic N) is 2. The minimum atomic E-state index is -0.303.